The third-order valence-corrected chi connectivity index (χ3v) is 3.74. The largest absolute Gasteiger partial charge is 0.445 e. The van der Waals surface area contributed by atoms with Crippen LogP contribution in [-0.2, 0) is 24.4 Å². The fourth-order valence-electron chi connectivity index (χ4n) is 2.32. The number of carbonyl (C=O) groups excluding carboxylic acids is 1. The fraction of sp³-hybridized carbons (Fsp3) is 0.188. The molecule has 0 atom stereocenters. The Hall–Kier alpha value is -2.00. The molecule has 1 aliphatic rings. The van der Waals surface area contributed by atoms with E-state index in [0.717, 1.165) is 16.7 Å². The van der Waals surface area contributed by atoms with Crippen LogP contribution in [0.15, 0.2) is 48.5 Å². The Kier molecular flexibility index (Phi) is 3.61. The van der Waals surface area contributed by atoms with Crippen LogP contribution in [0.2, 0.25) is 5.02 Å². The molecule has 1 heterocycles. The van der Waals surface area contributed by atoms with Gasteiger partial charge in [-0.25, -0.2) is 4.79 Å². The number of hydrogen-bond donors (Lipinski definition) is 0. The first kappa shape index (κ1) is 13.0. The second kappa shape index (κ2) is 5.55. The van der Waals surface area contributed by atoms with E-state index in [1.54, 1.807) is 4.90 Å². The van der Waals surface area contributed by atoms with Crippen LogP contribution in [-0.4, -0.2) is 11.0 Å². The maximum absolute atomic E-state index is 12.1. The number of rotatable bonds is 2. The predicted octanol–water partition coefficient (Wildman–Crippen LogP) is 3.99. The zero-order valence-electron chi connectivity index (χ0n) is 10.9. The first-order valence-electron chi connectivity index (χ1n) is 6.46. The predicted molar refractivity (Wildman–Crippen MR) is 77.3 cm³/mol. The highest BCUT2D eigenvalue weighted by Crippen LogP contribution is 2.29. The van der Waals surface area contributed by atoms with Gasteiger partial charge >= 0.3 is 6.09 Å². The summed E-state index contributed by atoms with van der Waals surface area (Å²) in [5.74, 6) is 0. The summed E-state index contributed by atoms with van der Waals surface area (Å²) < 4.78 is 5.33. The molecule has 1 aliphatic heterocycles. The molecule has 0 bridgehead atoms. The van der Waals surface area contributed by atoms with Crippen LogP contribution in [0.4, 0.5) is 4.79 Å². The summed E-state index contributed by atoms with van der Waals surface area (Å²) in [4.78, 5) is 13.7. The lowest BCUT2D eigenvalue weighted by Gasteiger charge is -2.15. The smallest absolute Gasteiger partial charge is 0.410 e. The van der Waals surface area contributed by atoms with E-state index in [2.05, 4.69) is 0 Å². The van der Waals surface area contributed by atoms with Gasteiger partial charge in [0.15, 0.2) is 0 Å². The van der Waals surface area contributed by atoms with Crippen molar-refractivity contribution >= 4 is 17.7 Å². The van der Waals surface area contributed by atoms with E-state index < -0.39 is 0 Å². The molecule has 0 N–H and O–H groups in total. The van der Waals surface area contributed by atoms with E-state index in [1.807, 2.05) is 48.5 Å². The molecule has 0 saturated carbocycles. The minimum atomic E-state index is -0.305. The summed E-state index contributed by atoms with van der Waals surface area (Å²) in [6, 6.07) is 15.4. The highest BCUT2D eigenvalue weighted by Gasteiger charge is 2.25. The molecule has 0 aromatic heterocycles. The van der Waals surface area contributed by atoms with E-state index in [1.165, 1.54) is 0 Å². The Bertz CT molecular complexity index is 628. The van der Waals surface area contributed by atoms with Crippen LogP contribution in [0.1, 0.15) is 16.7 Å². The van der Waals surface area contributed by atoms with E-state index >= 15 is 0 Å². The van der Waals surface area contributed by atoms with Gasteiger partial charge in [-0.05, 0) is 22.8 Å². The summed E-state index contributed by atoms with van der Waals surface area (Å²) in [5, 5.41) is 0.709. The number of hydrogen-bond acceptors (Lipinski definition) is 2. The van der Waals surface area contributed by atoms with E-state index in [-0.39, 0.29) is 6.09 Å². The topological polar surface area (TPSA) is 29.5 Å². The molecule has 102 valence electrons. The molecule has 0 saturated heterocycles. The molecule has 0 fully saturated rings. The third kappa shape index (κ3) is 2.63. The summed E-state index contributed by atoms with van der Waals surface area (Å²) >= 11 is 6.13. The lowest BCUT2D eigenvalue weighted by molar-refractivity contribution is 0.0955. The Balaban J connectivity index is 1.62. The van der Waals surface area contributed by atoms with Crippen molar-refractivity contribution in [3.8, 4) is 0 Å². The molecular weight excluding hydrogens is 274 g/mol. The van der Waals surface area contributed by atoms with Gasteiger partial charge in [0, 0.05) is 11.6 Å². The summed E-state index contributed by atoms with van der Waals surface area (Å²) in [7, 11) is 0. The zero-order chi connectivity index (χ0) is 13.9. The second-order valence-corrected chi connectivity index (χ2v) is 5.18. The molecule has 4 heteroatoms. The summed E-state index contributed by atoms with van der Waals surface area (Å²) in [6.07, 6.45) is -0.305. The van der Waals surface area contributed by atoms with E-state index in [0.29, 0.717) is 24.7 Å². The van der Waals surface area contributed by atoms with Crippen molar-refractivity contribution in [1.29, 1.82) is 0 Å². The summed E-state index contributed by atoms with van der Waals surface area (Å²) in [6.45, 7) is 1.37. The number of nitrogens with zero attached hydrogens (tertiary/aromatic N) is 1. The lowest BCUT2D eigenvalue weighted by Crippen LogP contribution is -2.26. The molecule has 0 aliphatic carbocycles. The van der Waals surface area contributed by atoms with Crippen LogP contribution in [0, 0.1) is 0 Å². The SMILES string of the molecule is O=C(OCc1ccccc1)N1Cc2cccc(Cl)c2C1. The number of carbonyl (C=O) groups is 1. The highest BCUT2D eigenvalue weighted by atomic mass is 35.5. The number of fused-ring (bicyclic) bond motifs is 1. The molecule has 2 aromatic rings. The van der Waals surface area contributed by atoms with Crippen molar-refractivity contribution in [2.75, 3.05) is 0 Å². The molecule has 3 nitrogen and oxygen atoms in total. The number of ether oxygens (including phenoxy) is 1. The van der Waals surface area contributed by atoms with E-state index in [4.69, 9.17) is 16.3 Å². The van der Waals surface area contributed by atoms with Crippen molar-refractivity contribution in [3.05, 3.63) is 70.2 Å². The van der Waals surface area contributed by atoms with Crippen molar-refractivity contribution in [3.63, 3.8) is 0 Å². The quantitative estimate of drug-likeness (QED) is 0.836. The first-order chi connectivity index (χ1) is 9.74. The maximum atomic E-state index is 12.1. The molecule has 3 rings (SSSR count). The van der Waals surface area contributed by atoms with Crippen LogP contribution in [0.3, 0.4) is 0 Å². The van der Waals surface area contributed by atoms with Crippen LogP contribution >= 0.6 is 11.6 Å². The van der Waals surface area contributed by atoms with Crippen molar-refractivity contribution in [2.24, 2.45) is 0 Å². The molecular formula is C16H14ClNO2. The Morgan fingerprint density at radius 3 is 2.65 bits per heavy atom. The maximum Gasteiger partial charge on any atom is 0.410 e. The Labute approximate surface area is 122 Å². The van der Waals surface area contributed by atoms with Crippen LogP contribution in [0.25, 0.3) is 0 Å². The van der Waals surface area contributed by atoms with Crippen molar-refractivity contribution < 1.29 is 9.53 Å². The van der Waals surface area contributed by atoms with Gasteiger partial charge in [0.25, 0.3) is 0 Å². The van der Waals surface area contributed by atoms with Gasteiger partial charge in [-0.15, -0.1) is 0 Å². The molecule has 0 unspecified atom stereocenters. The van der Waals surface area contributed by atoms with Crippen LogP contribution in [0.5, 0.6) is 0 Å². The number of benzene rings is 2. The van der Waals surface area contributed by atoms with Gasteiger partial charge in [0.2, 0.25) is 0 Å². The minimum absolute atomic E-state index is 0.292. The molecule has 0 radical (unpaired) electrons. The average molecular weight is 288 g/mol. The van der Waals surface area contributed by atoms with Crippen LogP contribution < -0.4 is 0 Å². The summed E-state index contributed by atoms with van der Waals surface area (Å²) in [5.41, 5.74) is 3.09. The standard InChI is InChI=1S/C16H14ClNO2/c17-15-8-4-7-13-9-18(10-14(13)15)16(19)20-11-12-5-2-1-3-6-12/h1-8H,9-11H2. The lowest BCUT2D eigenvalue weighted by atomic mass is 10.1. The first-order valence-corrected chi connectivity index (χ1v) is 6.84. The van der Waals surface area contributed by atoms with Gasteiger partial charge in [-0.1, -0.05) is 54.1 Å². The molecule has 1 amide bonds. The fourth-order valence-corrected chi connectivity index (χ4v) is 2.57. The molecule has 0 spiro atoms. The highest BCUT2D eigenvalue weighted by molar-refractivity contribution is 6.31. The van der Waals surface area contributed by atoms with Gasteiger partial charge in [0.05, 0.1) is 6.54 Å². The Morgan fingerprint density at radius 2 is 1.90 bits per heavy atom. The van der Waals surface area contributed by atoms with Gasteiger partial charge in [-0.2, -0.15) is 0 Å². The van der Waals surface area contributed by atoms with E-state index in [9.17, 15) is 4.79 Å². The normalized spacial score (nSPS) is 13.2. The Morgan fingerprint density at radius 1 is 1.10 bits per heavy atom. The second-order valence-electron chi connectivity index (χ2n) is 4.77. The average Bonchev–Trinajstić information content (AvgIpc) is 2.91. The third-order valence-electron chi connectivity index (χ3n) is 3.39. The zero-order valence-corrected chi connectivity index (χ0v) is 11.6. The number of halogens is 1. The van der Waals surface area contributed by atoms with Crippen molar-refractivity contribution in [1.82, 2.24) is 4.90 Å². The van der Waals surface area contributed by atoms with Gasteiger partial charge < -0.3 is 4.74 Å². The minimum Gasteiger partial charge on any atom is -0.445 e. The van der Waals surface area contributed by atoms with Crippen molar-refractivity contribution in [2.45, 2.75) is 19.7 Å². The van der Waals surface area contributed by atoms with Gasteiger partial charge in [0.1, 0.15) is 6.61 Å². The molecule has 2 aromatic carbocycles. The van der Waals surface area contributed by atoms with Gasteiger partial charge in [-0.3, -0.25) is 4.90 Å². The number of amides is 1. The monoisotopic (exact) mass is 287 g/mol. The molecule has 20 heavy (non-hydrogen) atoms.